The van der Waals surface area contributed by atoms with Crippen molar-refractivity contribution in [1.29, 1.82) is 0 Å². The molecule has 1 fully saturated rings. The molecular weight excluding hydrogens is 204 g/mol. The van der Waals surface area contributed by atoms with E-state index in [9.17, 15) is 4.79 Å². The smallest absolute Gasteiger partial charge is 0.272 e. The summed E-state index contributed by atoms with van der Waals surface area (Å²) in [5, 5.41) is 4.00. The number of anilines is 1. The Hall–Kier alpha value is -1.52. The molecule has 0 aromatic carbocycles. The predicted octanol–water partition coefficient (Wildman–Crippen LogP) is 1.02. The van der Waals surface area contributed by atoms with Gasteiger partial charge in [-0.25, -0.2) is 0 Å². The molecule has 2 rings (SSSR count). The largest absolute Gasteiger partial charge is 0.382 e. The number of carbonyl (C=O) groups is 1. The summed E-state index contributed by atoms with van der Waals surface area (Å²) in [6, 6.07) is 1.96. The topological polar surface area (TPSA) is 64.2 Å². The third kappa shape index (κ3) is 1.89. The number of nitrogens with zero attached hydrogens (tertiary/aromatic N) is 3. The number of hydrogen-bond donors (Lipinski definition) is 1. The molecule has 1 amide bonds. The number of aryl methyl sites for hydroxylation is 1. The quantitative estimate of drug-likeness (QED) is 0.771. The van der Waals surface area contributed by atoms with Gasteiger partial charge < -0.3 is 10.6 Å². The van der Waals surface area contributed by atoms with Crippen molar-refractivity contribution in [3.05, 3.63) is 11.8 Å². The zero-order valence-electron chi connectivity index (χ0n) is 9.81. The zero-order chi connectivity index (χ0) is 11.7. The molecule has 5 nitrogen and oxygen atoms in total. The van der Waals surface area contributed by atoms with Crippen molar-refractivity contribution < 1.29 is 4.79 Å². The summed E-state index contributed by atoms with van der Waals surface area (Å²) < 4.78 is 1.55. The molecule has 5 heteroatoms. The third-order valence-electron chi connectivity index (χ3n) is 3.18. The van der Waals surface area contributed by atoms with Crippen molar-refractivity contribution in [1.82, 2.24) is 14.7 Å². The van der Waals surface area contributed by atoms with E-state index in [2.05, 4.69) is 12.0 Å². The van der Waals surface area contributed by atoms with Crippen LogP contribution < -0.4 is 5.73 Å². The van der Waals surface area contributed by atoms with Gasteiger partial charge in [0.1, 0.15) is 11.5 Å². The van der Waals surface area contributed by atoms with Crippen LogP contribution >= 0.6 is 0 Å². The molecule has 1 aromatic heterocycles. The fraction of sp³-hybridized carbons (Fsp3) is 0.636. The van der Waals surface area contributed by atoms with Gasteiger partial charge in [-0.15, -0.1) is 0 Å². The zero-order valence-corrected chi connectivity index (χ0v) is 9.81. The molecule has 2 N–H and O–H groups in total. The third-order valence-corrected chi connectivity index (χ3v) is 3.18. The highest BCUT2D eigenvalue weighted by molar-refractivity contribution is 5.93. The minimum atomic E-state index is 0.0406. The second kappa shape index (κ2) is 4.15. The van der Waals surface area contributed by atoms with E-state index < -0.39 is 0 Å². The Morgan fingerprint density at radius 1 is 1.56 bits per heavy atom. The van der Waals surface area contributed by atoms with Crippen molar-refractivity contribution in [2.75, 3.05) is 12.3 Å². The highest BCUT2D eigenvalue weighted by Crippen LogP contribution is 2.19. The summed E-state index contributed by atoms with van der Waals surface area (Å²) >= 11 is 0. The van der Waals surface area contributed by atoms with Crippen molar-refractivity contribution in [3.8, 4) is 0 Å². The lowest BCUT2D eigenvalue weighted by Crippen LogP contribution is -2.42. The van der Waals surface area contributed by atoms with Crippen LogP contribution in [0.3, 0.4) is 0 Å². The molecule has 1 aromatic rings. The van der Waals surface area contributed by atoms with Gasteiger partial charge in [0.25, 0.3) is 5.91 Å². The van der Waals surface area contributed by atoms with Crippen LogP contribution in [-0.4, -0.2) is 33.2 Å². The van der Waals surface area contributed by atoms with E-state index in [-0.39, 0.29) is 5.91 Å². The molecule has 0 bridgehead atoms. The summed E-state index contributed by atoms with van der Waals surface area (Å²) in [4.78, 5) is 14.2. The molecule has 0 saturated carbocycles. The first kappa shape index (κ1) is 11.0. The van der Waals surface area contributed by atoms with Crippen LogP contribution in [0.4, 0.5) is 5.82 Å². The standard InChI is InChI=1S/C11H18N4O/c1-8-5-3-4-6-15(8)11(16)9-7-10(12)13-14(9)2/h7-8H,3-6H2,1-2H3,(H2,12,13). The summed E-state index contributed by atoms with van der Waals surface area (Å²) in [5.41, 5.74) is 6.15. The van der Waals surface area contributed by atoms with Crippen molar-refractivity contribution in [3.63, 3.8) is 0 Å². The Balaban J connectivity index is 2.21. The highest BCUT2D eigenvalue weighted by Gasteiger charge is 2.26. The lowest BCUT2D eigenvalue weighted by molar-refractivity contribution is 0.0624. The molecule has 0 radical (unpaired) electrons. The average Bonchev–Trinajstić information content (AvgIpc) is 2.58. The molecule has 0 spiro atoms. The maximum absolute atomic E-state index is 12.3. The number of nitrogen functional groups attached to an aromatic ring is 1. The van der Waals surface area contributed by atoms with Crippen LogP contribution in [0.25, 0.3) is 0 Å². The summed E-state index contributed by atoms with van der Waals surface area (Å²) in [7, 11) is 1.75. The van der Waals surface area contributed by atoms with Gasteiger partial charge in [-0.3, -0.25) is 9.48 Å². The monoisotopic (exact) mass is 222 g/mol. The molecule has 0 aliphatic carbocycles. The fourth-order valence-electron chi connectivity index (χ4n) is 2.24. The van der Waals surface area contributed by atoms with Gasteiger partial charge in [-0.1, -0.05) is 0 Å². The van der Waals surface area contributed by atoms with E-state index in [1.807, 2.05) is 4.90 Å². The number of nitrogens with two attached hydrogens (primary N) is 1. The van der Waals surface area contributed by atoms with E-state index in [1.54, 1.807) is 17.8 Å². The second-order valence-corrected chi connectivity index (χ2v) is 4.42. The minimum Gasteiger partial charge on any atom is -0.382 e. The highest BCUT2D eigenvalue weighted by atomic mass is 16.2. The van der Waals surface area contributed by atoms with Crippen LogP contribution in [0.5, 0.6) is 0 Å². The van der Waals surface area contributed by atoms with E-state index in [1.165, 1.54) is 6.42 Å². The van der Waals surface area contributed by atoms with Crippen molar-refractivity contribution in [2.45, 2.75) is 32.2 Å². The number of hydrogen-bond acceptors (Lipinski definition) is 3. The number of amides is 1. The summed E-state index contributed by atoms with van der Waals surface area (Å²) in [6.07, 6.45) is 3.38. The van der Waals surface area contributed by atoms with E-state index in [4.69, 9.17) is 5.73 Å². The van der Waals surface area contributed by atoms with Crippen molar-refractivity contribution >= 4 is 11.7 Å². The molecule has 1 saturated heterocycles. The van der Waals surface area contributed by atoms with E-state index in [0.29, 0.717) is 17.6 Å². The molecule has 1 aliphatic rings. The number of rotatable bonds is 1. The number of piperidine rings is 1. The van der Waals surface area contributed by atoms with Crippen LogP contribution in [0.15, 0.2) is 6.07 Å². The maximum atomic E-state index is 12.3. The first-order chi connectivity index (χ1) is 7.59. The first-order valence-corrected chi connectivity index (χ1v) is 5.70. The van der Waals surface area contributed by atoms with E-state index >= 15 is 0 Å². The van der Waals surface area contributed by atoms with Gasteiger partial charge in [0.2, 0.25) is 0 Å². The Morgan fingerprint density at radius 2 is 2.31 bits per heavy atom. The van der Waals surface area contributed by atoms with Gasteiger partial charge in [0.05, 0.1) is 0 Å². The van der Waals surface area contributed by atoms with Gasteiger partial charge >= 0.3 is 0 Å². The SMILES string of the molecule is CC1CCCCN1C(=O)c1cc(N)nn1C. The Morgan fingerprint density at radius 3 is 2.88 bits per heavy atom. The molecule has 16 heavy (non-hydrogen) atoms. The van der Waals surface area contributed by atoms with E-state index in [0.717, 1.165) is 19.4 Å². The van der Waals surface area contributed by atoms with Crippen LogP contribution in [-0.2, 0) is 7.05 Å². The minimum absolute atomic E-state index is 0.0406. The Bertz CT molecular complexity index is 399. The van der Waals surface area contributed by atoms with Gasteiger partial charge in [-0.2, -0.15) is 5.10 Å². The van der Waals surface area contributed by atoms with Crippen LogP contribution in [0, 0.1) is 0 Å². The number of carbonyl (C=O) groups excluding carboxylic acids is 1. The molecule has 1 aliphatic heterocycles. The average molecular weight is 222 g/mol. The van der Waals surface area contributed by atoms with Crippen LogP contribution in [0.2, 0.25) is 0 Å². The number of likely N-dealkylation sites (tertiary alicyclic amines) is 1. The maximum Gasteiger partial charge on any atom is 0.272 e. The fourth-order valence-corrected chi connectivity index (χ4v) is 2.24. The van der Waals surface area contributed by atoms with Gasteiger partial charge in [0, 0.05) is 25.7 Å². The van der Waals surface area contributed by atoms with Crippen LogP contribution in [0.1, 0.15) is 36.7 Å². The molecule has 1 atom stereocenters. The van der Waals surface area contributed by atoms with Gasteiger partial charge in [0.15, 0.2) is 0 Å². The lowest BCUT2D eigenvalue weighted by atomic mass is 10.0. The Kier molecular flexibility index (Phi) is 2.85. The Labute approximate surface area is 95.2 Å². The molecule has 2 heterocycles. The number of aromatic nitrogens is 2. The lowest BCUT2D eigenvalue weighted by Gasteiger charge is -2.33. The normalized spacial score (nSPS) is 21.1. The predicted molar refractivity (Wildman–Crippen MR) is 62.0 cm³/mol. The molecule has 88 valence electrons. The molecular formula is C11H18N4O. The second-order valence-electron chi connectivity index (χ2n) is 4.42. The van der Waals surface area contributed by atoms with Crippen molar-refractivity contribution in [2.24, 2.45) is 7.05 Å². The first-order valence-electron chi connectivity index (χ1n) is 5.70. The summed E-state index contributed by atoms with van der Waals surface area (Å²) in [6.45, 7) is 2.93. The summed E-state index contributed by atoms with van der Waals surface area (Å²) in [5.74, 6) is 0.439. The van der Waals surface area contributed by atoms with Gasteiger partial charge in [-0.05, 0) is 26.2 Å². The molecule has 1 unspecified atom stereocenters.